The van der Waals surface area contributed by atoms with Gasteiger partial charge in [-0.25, -0.2) is 0 Å². The lowest BCUT2D eigenvalue weighted by molar-refractivity contribution is -0.143. The number of carbonyl (C=O) groups is 3. The van der Waals surface area contributed by atoms with E-state index in [-0.39, 0.29) is 11.8 Å². The first-order chi connectivity index (χ1) is 11.1. The van der Waals surface area contributed by atoms with E-state index < -0.39 is 17.7 Å². The van der Waals surface area contributed by atoms with E-state index >= 15 is 0 Å². The van der Waals surface area contributed by atoms with Gasteiger partial charge in [-0.1, -0.05) is 37.3 Å². The Bertz CT molecular complexity index is 610. The summed E-state index contributed by atoms with van der Waals surface area (Å²) in [6.45, 7) is 2.80. The SMILES string of the molecule is C[C@H]1CC(=O)N(Cc2ccccc2)[C@@H]1C(=O)C(=O)NCC1CC1. The Morgan fingerprint density at radius 1 is 1.22 bits per heavy atom. The van der Waals surface area contributed by atoms with Crippen molar-refractivity contribution in [2.45, 2.75) is 38.8 Å². The summed E-state index contributed by atoms with van der Waals surface area (Å²) in [6, 6.07) is 8.90. The van der Waals surface area contributed by atoms with Crippen molar-refractivity contribution in [1.29, 1.82) is 0 Å². The molecule has 0 aromatic heterocycles. The third-order valence-corrected chi connectivity index (χ3v) is 4.63. The van der Waals surface area contributed by atoms with E-state index in [9.17, 15) is 14.4 Å². The molecule has 1 aromatic rings. The van der Waals surface area contributed by atoms with Gasteiger partial charge in [0.05, 0.1) is 0 Å². The minimum Gasteiger partial charge on any atom is -0.349 e. The van der Waals surface area contributed by atoms with Crippen LogP contribution in [0.2, 0.25) is 0 Å². The van der Waals surface area contributed by atoms with Gasteiger partial charge in [0, 0.05) is 19.5 Å². The Balaban J connectivity index is 1.70. The largest absolute Gasteiger partial charge is 0.349 e. The maximum atomic E-state index is 12.5. The van der Waals surface area contributed by atoms with Crippen molar-refractivity contribution < 1.29 is 14.4 Å². The molecule has 23 heavy (non-hydrogen) atoms. The molecule has 1 aromatic carbocycles. The van der Waals surface area contributed by atoms with Crippen LogP contribution in [0, 0.1) is 11.8 Å². The molecule has 1 saturated heterocycles. The average molecular weight is 314 g/mol. The number of nitrogens with one attached hydrogen (secondary N) is 1. The molecule has 0 radical (unpaired) electrons. The highest BCUT2D eigenvalue weighted by atomic mass is 16.2. The number of amides is 2. The monoisotopic (exact) mass is 314 g/mol. The molecule has 2 atom stereocenters. The molecule has 5 heteroatoms. The molecule has 0 unspecified atom stereocenters. The van der Waals surface area contributed by atoms with Gasteiger partial charge in [0.15, 0.2) is 0 Å². The van der Waals surface area contributed by atoms with Gasteiger partial charge < -0.3 is 10.2 Å². The molecule has 1 heterocycles. The minimum absolute atomic E-state index is 0.0605. The maximum Gasteiger partial charge on any atom is 0.289 e. The number of hydrogen-bond donors (Lipinski definition) is 1. The molecule has 2 amide bonds. The molecule has 1 N–H and O–H groups in total. The number of hydrogen-bond acceptors (Lipinski definition) is 3. The van der Waals surface area contributed by atoms with E-state index in [0.29, 0.717) is 25.4 Å². The number of ketones is 1. The number of rotatable bonds is 6. The van der Waals surface area contributed by atoms with Gasteiger partial charge in [-0.05, 0) is 30.2 Å². The van der Waals surface area contributed by atoms with Crippen molar-refractivity contribution in [1.82, 2.24) is 10.2 Å². The number of carbonyl (C=O) groups excluding carboxylic acids is 3. The summed E-state index contributed by atoms with van der Waals surface area (Å²) in [7, 11) is 0. The number of nitrogens with zero attached hydrogens (tertiary/aromatic N) is 1. The summed E-state index contributed by atoms with van der Waals surface area (Å²) in [5, 5.41) is 2.71. The fourth-order valence-electron chi connectivity index (χ4n) is 3.11. The average Bonchev–Trinajstić information content (AvgIpc) is 3.32. The van der Waals surface area contributed by atoms with E-state index in [1.165, 1.54) is 0 Å². The predicted molar refractivity (Wildman–Crippen MR) is 85.3 cm³/mol. The molecule has 1 aliphatic heterocycles. The van der Waals surface area contributed by atoms with Crippen LogP contribution in [0.25, 0.3) is 0 Å². The Morgan fingerprint density at radius 3 is 2.57 bits per heavy atom. The van der Waals surface area contributed by atoms with Gasteiger partial charge in [-0.2, -0.15) is 0 Å². The summed E-state index contributed by atoms with van der Waals surface area (Å²) >= 11 is 0. The first kappa shape index (κ1) is 15.7. The quantitative estimate of drug-likeness (QED) is 0.810. The topological polar surface area (TPSA) is 66.5 Å². The highest BCUT2D eigenvalue weighted by Gasteiger charge is 2.43. The fraction of sp³-hybridized carbons (Fsp3) is 0.500. The van der Waals surface area contributed by atoms with Crippen molar-refractivity contribution in [3.63, 3.8) is 0 Å². The first-order valence-corrected chi connectivity index (χ1v) is 8.21. The van der Waals surface area contributed by atoms with Crippen LogP contribution >= 0.6 is 0 Å². The van der Waals surface area contributed by atoms with Gasteiger partial charge in [0.2, 0.25) is 11.7 Å². The van der Waals surface area contributed by atoms with Crippen LogP contribution in [0.1, 0.15) is 31.7 Å². The van der Waals surface area contributed by atoms with Gasteiger partial charge in [-0.15, -0.1) is 0 Å². The molecule has 0 spiro atoms. The van der Waals surface area contributed by atoms with E-state index in [2.05, 4.69) is 5.32 Å². The Morgan fingerprint density at radius 2 is 1.91 bits per heavy atom. The standard InChI is InChI=1S/C18H22N2O3/c1-12-9-15(21)20(11-14-5-3-2-4-6-14)16(12)17(22)18(23)19-10-13-7-8-13/h2-6,12-13,16H,7-11H2,1H3,(H,19,23)/t12-,16-/m0/s1. The lowest BCUT2D eigenvalue weighted by Crippen LogP contribution is -2.47. The molecule has 122 valence electrons. The minimum atomic E-state index is -0.651. The molecule has 3 rings (SSSR count). The zero-order chi connectivity index (χ0) is 16.4. The van der Waals surface area contributed by atoms with Crippen LogP contribution in [0.15, 0.2) is 30.3 Å². The van der Waals surface area contributed by atoms with E-state index in [1.54, 1.807) is 4.90 Å². The lowest BCUT2D eigenvalue weighted by Gasteiger charge is -2.25. The van der Waals surface area contributed by atoms with Crippen LogP contribution in [-0.2, 0) is 20.9 Å². The van der Waals surface area contributed by atoms with E-state index in [1.807, 2.05) is 37.3 Å². The van der Waals surface area contributed by atoms with Crippen LogP contribution in [0.5, 0.6) is 0 Å². The highest BCUT2D eigenvalue weighted by Crippen LogP contribution is 2.29. The lowest BCUT2D eigenvalue weighted by atomic mass is 9.98. The van der Waals surface area contributed by atoms with Crippen molar-refractivity contribution in [3.05, 3.63) is 35.9 Å². The zero-order valence-electron chi connectivity index (χ0n) is 13.3. The van der Waals surface area contributed by atoms with Gasteiger partial charge in [0.25, 0.3) is 5.91 Å². The van der Waals surface area contributed by atoms with Crippen LogP contribution in [0.4, 0.5) is 0 Å². The smallest absolute Gasteiger partial charge is 0.289 e. The van der Waals surface area contributed by atoms with Gasteiger partial charge in [0.1, 0.15) is 6.04 Å². The Kier molecular flexibility index (Phi) is 4.46. The summed E-state index contributed by atoms with van der Waals surface area (Å²) in [5.41, 5.74) is 0.964. The maximum absolute atomic E-state index is 12.5. The summed E-state index contributed by atoms with van der Waals surface area (Å²) < 4.78 is 0. The summed E-state index contributed by atoms with van der Waals surface area (Å²) in [4.78, 5) is 38.4. The molecule has 5 nitrogen and oxygen atoms in total. The second kappa shape index (κ2) is 6.52. The van der Waals surface area contributed by atoms with Crippen LogP contribution in [0.3, 0.4) is 0 Å². The van der Waals surface area contributed by atoms with Crippen LogP contribution in [-0.4, -0.2) is 35.1 Å². The van der Waals surface area contributed by atoms with Gasteiger partial charge >= 0.3 is 0 Å². The van der Waals surface area contributed by atoms with Crippen molar-refractivity contribution in [2.24, 2.45) is 11.8 Å². The number of likely N-dealkylation sites (tertiary alicyclic amines) is 1. The molecule has 2 fully saturated rings. The van der Waals surface area contributed by atoms with Gasteiger partial charge in [-0.3, -0.25) is 14.4 Å². The van der Waals surface area contributed by atoms with Crippen LogP contribution < -0.4 is 5.32 Å². The molecule has 1 aliphatic carbocycles. The second-order valence-electron chi connectivity index (χ2n) is 6.65. The van der Waals surface area contributed by atoms with Crippen molar-refractivity contribution in [2.75, 3.05) is 6.54 Å². The third kappa shape index (κ3) is 3.60. The third-order valence-electron chi connectivity index (χ3n) is 4.63. The zero-order valence-corrected chi connectivity index (χ0v) is 13.3. The highest BCUT2D eigenvalue weighted by molar-refractivity contribution is 6.38. The van der Waals surface area contributed by atoms with Crippen molar-refractivity contribution in [3.8, 4) is 0 Å². The fourth-order valence-corrected chi connectivity index (χ4v) is 3.11. The number of benzene rings is 1. The van der Waals surface area contributed by atoms with E-state index in [0.717, 1.165) is 18.4 Å². The predicted octanol–water partition coefficient (Wildman–Crippen LogP) is 1.52. The Hall–Kier alpha value is -2.17. The second-order valence-corrected chi connectivity index (χ2v) is 6.65. The molecular weight excluding hydrogens is 292 g/mol. The number of Topliss-reactive ketones (excluding diaryl/α,β-unsaturated/α-hetero) is 1. The Labute approximate surface area is 136 Å². The molecular formula is C18H22N2O3. The summed E-state index contributed by atoms with van der Waals surface area (Å²) in [6.07, 6.45) is 2.55. The first-order valence-electron chi connectivity index (χ1n) is 8.21. The summed E-state index contributed by atoms with van der Waals surface area (Å²) in [5.74, 6) is -0.712. The van der Waals surface area contributed by atoms with Crippen molar-refractivity contribution >= 4 is 17.6 Å². The molecule has 1 saturated carbocycles. The molecule has 2 aliphatic rings. The molecule has 0 bridgehead atoms. The van der Waals surface area contributed by atoms with E-state index in [4.69, 9.17) is 0 Å². The normalized spacial score (nSPS) is 23.9.